The molecule has 10 heteroatoms. The van der Waals surface area contributed by atoms with Gasteiger partial charge in [-0.15, -0.1) is 4.36 Å². The van der Waals surface area contributed by atoms with Crippen LogP contribution in [0.15, 0.2) is 4.36 Å². The zero-order valence-corrected chi connectivity index (χ0v) is 8.23. The summed E-state index contributed by atoms with van der Waals surface area (Å²) in [5.74, 6) is -10.0. The summed E-state index contributed by atoms with van der Waals surface area (Å²) in [5.41, 5.74) is -4.43. The van der Waals surface area contributed by atoms with Crippen LogP contribution in [0.4, 0.5) is 36.4 Å². The average Bonchev–Trinajstić information content (AvgIpc) is 2.20. The Morgan fingerprint density at radius 1 is 0.882 bits per heavy atom. The number of hydrogen-bond donors (Lipinski definition) is 0. The lowest BCUT2D eigenvalue weighted by molar-refractivity contribution is -0.143. The first-order valence-electron chi connectivity index (χ1n) is 3.65. The molecule has 0 heterocycles. The molecule has 0 N–H and O–H groups in total. The molecule has 0 aliphatic rings. The lowest BCUT2D eigenvalue weighted by Gasteiger charge is -2.11. The van der Waals surface area contributed by atoms with E-state index in [1.54, 1.807) is 0 Å². The van der Waals surface area contributed by atoms with Crippen LogP contribution in [0.5, 0.6) is 0 Å². The maximum absolute atomic E-state index is 12.9. The number of benzene rings is 1. The maximum Gasteiger partial charge on any atom is 0.422 e. The van der Waals surface area contributed by atoms with E-state index in [4.69, 9.17) is 0 Å². The van der Waals surface area contributed by atoms with Crippen molar-refractivity contribution in [1.29, 1.82) is 0 Å². The molecule has 0 aromatic heterocycles. The second kappa shape index (κ2) is 4.43. The van der Waals surface area contributed by atoms with E-state index in [2.05, 4.69) is 4.36 Å². The van der Waals surface area contributed by atoms with E-state index >= 15 is 0 Å². The van der Waals surface area contributed by atoms with Gasteiger partial charge in [0.25, 0.3) is 0 Å². The van der Waals surface area contributed by atoms with Crippen molar-refractivity contribution in [1.82, 2.24) is 0 Å². The Balaban J connectivity index is 3.77. The van der Waals surface area contributed by atoms with Crippen LogP contribution in [0.1, 0.15) is 5.56 Å². The molecule has 0 saturated carbocycles. The minimum atomic E-state index is -5.61. The minimum Gasteiger partial charge on any atom is -0.203 e. The molecule has 2 nitrogen and oxygen atoms in total. The quantitative estimate of drug-likeness (QED) is 0.573. The zero-order chi connectivity index (χ0) is 13.4. The third kappa shape index (κ3) is 2.30. The van der Waals surface area contributed by atoms with Crippen molar-refractivity contribution in [2.45, 2.75) is 6.18 Å². The summed E-state index contributed by atoms with van der Waals surface area (Å²) < 4.78 is 100.0. The molecule has 94 valence electrons. The predicted octanol–water partition coefficient (Wildman–Crippen LogP) is 3.29. The van der Waals surface area contributed by atoms with Crippen LogP contribution in [0, 0.1) is 23.3 Å². The van der Waals surface area contributed by atoms with Crippen LogP contribution in [-0.4, -0.2) is 4.21 Å². The molecule has 0 spiro atoms. The molecule has 17 heavy (non-hydrogen) atoms. The van der Waals surface area contributed by atoms with Gasteiger partial charge in [0.2, 0.25) is 11.5 Å². The fourth-order valence-electron chi connectivity index (χ4n) is 0.986. The van der Waals surface area contributed by atoms with Crippen LogP contribution in [0.3, 0.4) is 0 Å². The number of nitrogens with zero attached hydrogens (tertiary/aromatic N) is 1. The second-order valence-electron chi connectivity index (χ2n) is 2.64. The van der Waals surface area contributed by atoms with E-state index in [0.717, 1.165) is 0 Å². The molecule has 0 aliphatic heterocycles. The highest BCUT2D eigenvalue weighted by Gasteiger charge is 2.42. The van der Waals surface area contributed by atoms with Crippen LogP contribution < -0.4 is 0 Å². The van der Waals surface area contributed by atoms with Gasteiger partial charge in [-0.25, -0.2) is 17.6 Å². The van der Waals surface area contributed by atoms with E-state index in [-0.39, 0.29) is 0 Å². The Kier molecular flexibility index (Phi) is 3.55. The predicted molar refractivity (Wildman–Crippen MR) is 41.5 cm³/mol. The molecular formula is C7F7NOS. The van der Waals surface area contributed by atoms with Crippen LogP contribution in [-0.2, 0) is 17.6 Å². The Morgan fingerprint density at radius 2 is 1.29 bits per heavy atom. The Morgan fingerprint density at radius 3 is 1.59 bits per heavy atom. The Labute approximate surface area is 92.3 Å². The summed E-state index contributed by atoms with van der Waals surface area (Å²) in [7, 11) is 0. The van der Waals surface area contributed by atoms with E-state index in [1.807, 2.05) is 0 Å². The van der Waals surface area contributed by atoms with E-state index in [0.29, 0.717) is 0 Å². The molecule has 0 bridgehead atoms. The largest absolute Gasteiger partial charge is 0.422 e. The molecule has 0 radical (unpaired) electrons. The van der Waals surface area contributed by atoms with Crippen molar-refractivity contribution < 1.29 is 34.9 Å². The van der Waals surface area contributed by atoms with Gasteiger partial charge in [0.1, 0.15) is 5.56 Å². The summed E-state index contributed by atoms with van der Waals surface area (Å²) in [4.78, 5) is 0. The molecule has 1 aromatic rings. The summed E-state index contributed by atoms with van der Waals surface area (Å²) in [6, 6.07) is 0. The molecule has 1 aromatic carbocycles. The standard InChI is InChI=1S/C7F7NOS/c8-2-1(7(12,13)14)3(9)5(11)6(4(2)10)15-17-16. The van der Waals surface area contributed by atoms with Crippen molar-refractivity contribution in [3.8, 4) is 0 Å². The third-order valence-corrected chi connectivity index (χ3v) is 1.91. The van der Waals surface area contributed by atoms with Gasteiger partial charge < -0.3 is 0 Å². The van der Waals surface area contributed by atoms with Gasteiger partial charge >= 0.3 is 6.18 Å². The molecule has 0 saturated heterocycles. The Bertz CT molecular complexity index is 491. The van der Waals surface area contributed by atoms with Crippen molar-refractivity contribution in [2.75, 3.05) is 0 Å². The highest BCUT2D eigenvalue weighted by Crippen LogP contribution is 2.39. The first-order chi connectivity index (χ1) is 7.71. The van der Waals surface area contributed by atoms with Crippen molar-refractivity contribution in [3.05, 3.63) is 28.8 Å². The topological polar surface area (TPSA) is 29.4 Å². The molecule has 1 rings (SSSR count). The molecule has 0 atom stereocenters. The monoisotopic (exact) mass is 279 g/mol. The number of halogens is 7. The first kappa shape index (κ1) is 13.6. The van der Waals surface area contributed by atoms with Gasteiger partial charge in [0.15, 0.2) is 29.0 Å². The first-order valence-corrected chi connectivity index (χ1v) is 4.34. The lowest BCUT2D eigenvalue weighted by Crippen LogP contribution is -2.14. The normalized spacial score (nSPS) is 11.5. The van der Waals surface area contributed by atoms with Gasteiger partial charge in [0, 0.05) is 0 Å². The van der Waals surface area contributed by atoms with Gasteiger partial charge in [-0.3, -0.25) is 0 Å². The van der Waals surface area contributed by atoms with Crippen molar-refractivity contribution >= 4 is 17.2 Å². The fraction of sp³-hybridized carbons (Fsp3) is 0.143. The number of rotatable bonds is 1. The molecule has 0 amide bonds. The zero-order valence-electron chi connectivity index (χ0n) is 7.41. The van der Waals surface area contributed by atoms with Gasteiger partial charge in [-0.1, -0.05) is 0 Å². The molecular weight excluding hydrogens is 279 g/mol. The van der Waals surface area contributed by atoms with Crippen LogP contribution >= 0.6 is 0 Å². The second-order valence-corrected chi connectivity index (χ2v) is 2.97. The molecule has 0 aliphatic carbocycles. The Hall–Kier alpha value is -1.45. The highest BCUT2D eigenvalue weighted by molar-refractivity contribution is 7.54. The summed E-state index contributed by atoms with van der Waals surface area (Å²) in [6.45, 7) is 0. The van der Waals surface area contributed by atoms with Crippen molar-refractivity contribution in [2.24, 2.45) is 4.36 Å². The minimum absolute atomic E-state index is 0.806. The number of alkyl halides is 3. The third-order valence-electron chi connectivity index (χ3n) is 1.65. The van der Waals surface area contributed by atoms with E-state index < -0.39 is 52.2 Å². The molecule has 0 fully saturated rings. The fourth-order valence-corrected chi connectivity index (χ4v) is 1.22. The van der Waals surface area contributed by atoms with Gasteiger partial charge in [-0.05, 0) is 0 Å². The van der Waals surface area contributed by atoms with Gasteiger partial charge in [0.05, 0.1) is 0 Å². The van der Waals surface area contributed by atoms with E-state index in [1.165, 1.54) is 0 Å². The molecule has 0 unspecified atom stereocenters. The smallest absolute Gasteiger partial charge is 0.203 e. The maximum atomic E-state index is 12.9. The highest BCUT2D eigenvalue weighted by atomic mass is 32.1. The van der Waals surface area contributed by atoms with Gasteiger partial charge in [-0.2, -0.15) is 17.4 Å². The summed E-state index contributed by atoms with van der Waals surface area (Å²) >= 11 is -0.806. The lowest BCUT2D eigenvalue weighted by atomic mass is 10.1. The van der Waals surface area contributed by atoms with Crippen molar-refractivity contribution in [3.63, 3.8) is 0 Å². The van der Waals surface area contributed by atoms with Crippen LogP contribution in [0.2, 0.25) is 0 Å². The SMILES string of the molecule is O=S=Nc1c(F)c(F)c(C(F)(F)F)c(F)c1F. The van der Waals surface area contributed by atoms with E-state index in [9.17, 15) is 34.9 Å². The summed E-state index contributed by atoms with van der Waals surface area (Å²) in [6.07, 6.45) is -5.61. The average molecular weight is 279 g/mol. The summed E-state index contributed by atoms with van der Waals surface area (Å²) in [5, 5.41) is 0. The van der Waals surface area contributed by atoms with Crippen LogP contribution in [0.25, 0.3) is 0 Å². The number of hydrogen-bond acceptors (Lipinski definition) is 2.